The number of nitrogens with two attached hydrogens (primary N) is 3. The van der Waals surface area contributed by atoms with E-state index in [0.29, 0.717) is 38.0 Å². The maximum atomic E-state index is 13.2. The molecule has 3 amide bonds. The van der Waals surface area contributed by atoms with Gasteiger partial charge in [-0.2, -0.15) is 11.8 Å². The summed E-state index contributed by atoms with van der Waals surface area (Å²) in [5.41, 5.74) is 16.6. The normalized spacial score (nSPS) is 15.2. The van der Waals surface area contributed by atoms with E-state index in [0.717, 1.165) is 0 Å². The number of carbonyl (C=O) groups is 4. The summed E-state index contributed by atoms with van der Waals surface area (Å²) < 4.78 is 0. The SMILES string of the molecule is CCC(C)C(NC(=O)C(N)CCCN=C(N)N)C(=O)NC(CCSC)C(=O)NC(CC(C)C)C(=O)O. The van der Waals surface area contributed by atoms with Crippen LogP contribution in [0.1, 0.15) is 59.8 Å². The molecule has 5 atom stereocenters. The number of nitrogens with zero attached hydrogens (tertiary/aromatic N) is 1. The Morgan fingerprint density at radius 3 is 2.06 bits per heavy atom. The summed E-state index contributed by atoms with van der Waals surface area (Å²) >= 11 is 1.50. The lowest BCUT2D eigenvalue weighted by molar-refractivity contribution is -0.142. The summed E-state index contributed by atoms with van der Waals surface area (Å²) in [6.07, 6.45) is 3.84. The second kappa shape index (κ2) is 17.8. The van der Waals surface area contributed by atoms with Crippen LogP contribution < -0.4 is 33.2 Å². The van der Waals surface area contributed by atoms with Crippen LogP contribution in [-0.4, -0.2) is 77.5 Å². The number of aliphatic imine (C=N–C) groups is 1. The highest BCUT2D eigenvalue weighted by Crippen LogP contribution is 2.11. The van der Waals surface area contributed by atoms with Gasteiger partial charge in [-0.25, -0.2) is 4.79 Å². The van der Waals surface area contributed by atoms with Crippen LogP contribution in [0.15, 0.2) is 4.99 Å². The van der Waals surface area contributed by atoms with Crippen molar-refractivity contribution >= 4 is 41.4 Å². The molecular weight excluding hydrogens is 486 g/mol. The summed E-state index contributed by atoms with van der Waals surface area (Å²) in [7, 11) is 0. The number of thioether (sulfide) groups is 1. The Morgan fingerprint density at radius 2 is 1.56 bits per heavy atom. The lowest BCUT2D eigenvalue weighted by atomic mass is 9.97. The second-order valence-corrected chi connectivity index (χ2v) is 10.3. The molecule has 208 valence electrons. The fourth-order valence-corrected chi connectivity index (χ4v) is 3.82. The van der Waals surface area contributed by atoms with Gasteiger partial charge < -0.3 is 38.3 Å². The topological polar surface area (TPSA) is 215 Å². The number of rotatable bonds is 18. The van der Waals surface area contributed by atoms with E-state index in [4.69, 9.17) is 17.2 Å². The zero-order valence-electron chi connectivity index (χ0n) is 22.1. The lowest BCUT2D eigenvalue weighted by Gasteiger charge is -2.28. The Balaban J connectivity index is 5.41. The minimum atomic E-state index is -1.13. The molecule has 0 radical (unpaired) electrons. The number of carbonyl (C=O) groups excluding carboxylic acids is 3. The number of amides is 3. The van der Waals surface area contributed by atoms with E-state index in [2.05, 4.69) is 20.9 Å². The molecule has 0 saturated heterocycles. The van der Waals surface area contributed by atoms with Crippen molar-refractivity contribution in [3.05, 3.63) is 0 Å². The molecule has 0 spiro atoms. The molecule has 10 N–H and O–H groups in total. The highest BCUT2D eigenvalue weighted by molar-refractivity contribution is 7.98. The maximum absolute atomic E-state index is 13.2. The van der Waals surface area contributed by atoms with Crippen molar-refractivity contribution in [3.8, 4) is 0 Å². The predicted molar refractivity (Wildman–Crippen MR) is 143 cm³/mol. The number of hydrogen-bond donors (Lipinski definition) is 7. The minimum Gasteiger partial charge on any atom is -0.480 e. The van der Waals surface area contributed by atoms with E-state index < -0.39 is 47.9 Å². The minimum absolute atomic E-state index is 0.0412. The molecule has 13 heteroatoms. The van der Waals surface area contributed by atoms with Gasteiger partial charge in [0.1, 0.15) is 18.1 Å². The lowest BCUT2D eigenvalue weighted by Crippen LogP contribution is -2.58. The van der Waals surface area contributed by atoms with Crippen LogP contribution in [0.4, 0.5) is 0 Å². The maximum Gasteiger partial charge on any atom is 0.326 e. The molecular formula is C23H45N7O5S. The zero-order valence-corrected chi connectivity index (χ0v) is 22.9. The van der Waals surface area contributed by atoms with Crippen molar-refractivity contribution in [1.82, 2.24) is 16.0 Å². The molecule has 0 aliphatic rings. The van der Waals surface area contributed by atoms with Gasteiger partial charge in [-0.15, -0.1) is 0 Å². The average molecular weight is 532 g/mol. The quantitative estimate of drug-likeness (QED) is 0.0704. The van der Waals surface area contributed by atoms with Gasteiger partial charge in [0.25, 0.3) is 0 Å². The van der Waals surface area contributed by atoms with Gasteiger partial charge in [0, 0.05) is 6.54 Å². The van der Waals surface area contributed by atoms with E-state index in [1.165, 1.54) is 11.8 Å². The van der Waals surface area contributed by atoms with Crippen LogP contribution in [0.2, 0.25) is 0 Å². The number of carboxylic acids is 1. The fourth-order valence-electron chi connectivity index (χ4n) is 3.34. The first-order chi connectivity index (χ1) is 16.8. The van der Waals surface area contributed by atoms with Crippen molar-refractivity contribution in [3.63, 3.8) is 0 Å². The second-order valence-electron chi connectivity index (χ2n) is 9.30. The van der Waals surface area contributed by atoms with Gasteiger partial charge in [-0.1, -0.05) is 34.1 Å². The molecule has 0 saturated carbocycles. The zero-order chi connectivity index (χ0) is 27.8. The Bertz CT molecular complexity index is 746. The predicted octanol–water partition coefficient (Wildman–Crippen LogP) is -0.248. The molecule has 0 aromatic rings. The molecule has 0 aromatic heterocycles. The van der Waals surface area contributed by atoms with Gasteiger partial charge in [-0.3, -0.25) is 19.4 Å². The number of carboxylic acid groups (broad SMARTS) is 1. The third kappa shape index (κ3) is 13.5. The highest BCUT2D eigenvalue weighted by atomic mass is 32.2. The third-order valence-corrected chi connectivity index (χ3v) is 6.31. The molecule has 5 unspecified atom stereocenters. The molecule has 0 aliphatic heterocycles. The summed E-state index contributed by atoms with van der Waals surface area (Å²) in [5.74, 6) is -2.38. The van der Waals surface area contributed by atoms with Crippen molar-refractivity contribution in [2.45, 2.75) is 84.0 Å². The first-order valence-corrected chi connectivity index (χ1v) is 13.7. The molecule has 0 bridgehead atoms. The first-order valence-electron chi connectivity index (χ1n) is 12.3. The molecule has 0 heterocycles. The van der Waals surface area contributed by atoms with Gasteiger partial charge in [0.05, 0.1) is 6.04 Å². The summed E-state index contributed by atoms with van der Waals surface area (Å²) in [6, 6.07) is -3.79. The third-order valence-electron chi connectivity index (χ3n) is 5.66. The molecule has 0 rings (SSSR count). The monoisotopic (exact) mass is 531 g/mol. The van der Waals surface area contributed by atoms with E-state index in [9.17, 15) is 24.3 Å². The average Bonchev–Trinajstić information content (AvgIpc) is 2.80. The van der Waals surface area contributed by atoms with Crippen LogP contribution in [0.5, 0.6) is 0 Å². The first kappa shape index (κ1) is 33.5. The van der Waals surface area contributed by atoms with Crippen molar-refractivity contribution in [1.29, 1.82) is 0 Å². The van der Waals surface area contributed by atoms with Crippen LogP contribution >= 0.6 is 11.8 Å². The highest BCUT2D eigenvalue weighted by Gasteiger charge is 2.32. The number of hydrogen-bond acceptors (Lipinski definition) is 7. The molecule has 0 aromatic carbocycles. The van der Waals surface area contributed by atoms with Gasteiger partial charge in [0.15, 0.2) is 5.96 Å². The summed E-state index contributed by atoms with van der Waals surface area (Å²) in [4.78, 5) is 54.2. The summed E-state index contributed by atoms with van der Waals surface area (Å²) in [5, 5.41) is 17.4. The smallest absolute Gasteiger partial charge is 0.326 e. The largest absolute Gasteiger partial charge is 0.480 e. The molecule has 36 heavy (non-hydrogen) atoms. The van der Waals surface area contributed by atoms with Crippen LogP contribution in [0.25, 0.3) is 0 Å². The summed E-state index contributed by atoms with van der Waals surface area (Å²) in [6.45, 7) is 7.75. The molecule has 0 fully saturated rings. The number of nitrogens with one attached hydrogen (secondary N) is 3. The van der Waals surface area contributed by atoms with Gasteiger partial charge >= 0.3 is 5.97 Å². The van der Waals surface area contributed by atoms with Crippen molar-refractivity contribution < 1.29 is 24.3 Å². The van der Waals surface area contributed by atoms with E-state index in [1.54, 1.807) is 0 Å². The van der Waals surface area contributed by atoms with Crippen molar-refractivity contribution in [2.75, 3.05) is 18.6 Å². The van der Waals surface area contributed by atoms with E-state index in [1.807, 2.05) is 34.0 Å². The van der Waals surface area contributed by atoms with Crippen molar-refractivity contribution in [2.24, 2.45) is 34.0 Å². The Kier molecular flexibility index (Phi) is 16.6. The Morgan fingerprint density at radius 1 is 0.944 bits per heavy atom. The Labute approximate surface area is 218 Å². The van der Waals surface area contributed by atoms with Crippen LogP contribution in [-0.2, 0) is 19.2 Å². The van der Waals surface area contributed by atoms with Gasteiger partial charge in [-0.05, 0) is 49.5 Å². The van der Waals surface area contributed by atoms with Crippen LogP contribution in [0.3, 0.4) is 0 Å². The number of aliphatic carboxylic acids is 1. The number of guanidine groups is 1. The fraction of sp³-hybridized carbons (Fsp3) is 0.783. The standard InChI is InChI=1S/C23H45N7O5S/c1-6-14(4)18(30-19(31)15(24)8-7-10-27-23(25)26)21(33)28-16(9-11-36-5)20(32)29-17(22(34)35)12-13(2)3/h13-18H,6-12,24H2,1-5H3,(H,28,33)(H,29,32)(H,30,31)(H,34,35)(H4,25,26,27). The Hall–Kier alpha value is -2.54. The van der Waals surface area contributed by atoms with E-state index in [-0.39, 0.29) is 24.2 Å². The van der Waals surface area contributed by atoms with E-state index >= 15 is 0 Å². The molecule has 12 nitrogen and oxygen atoms in total. The molecule has 0 aliphatic carbocycles. The van der Waals surface area contributed by atoms with Gasteiger partial charge in [0.2, 0.25) is 17.7 Å². The van der Waals surface area contributed by atoms with Crippen LogP contribution in [0, 0.1) is 11.8 Å².